The van der Waals surface area contributed by atoms with Crippen LogP contribution in [0.15, 0.2) is 109 Å². The van der Waals surface area contributed by atoms with Crippen molar-refractivity contribution in [2.24, 2.45) is 0 Å². The Labute approximate surface area is 210 Å². The maximum atomic E-state index is 2.39. The van der Waals surface area contributed by atoms with E-state index >= 15 is 0 Å². The van der Waals surface area contributed by atoms with Crippen LogP contribution >= 0.6 is 0 Å². The smallest absolute Gasteiger partial charge is 0.000741 e. The van der Waals surface area contributed by atoms with Crippen LogP contribution in [-0.2, 0) is 0 Å². The Bertz CT molecular complexity index is 1930. The number of aryl methyl sites for hydroxylation is 2. The van der Waals surface area contributed by atoms with E-state index < -0.39 is 0 Å². The highest BCUT2D eigenvalue weighted by Gasteiger charge is 2.23. The summed E-state index contributed by atoms with van der Waals surface area (Å²) in [6.45, 7) is 4.44. The Hall–Kier alpha value is -4.42. The van der Waals surface area contributed by atoms with Crippen LogP contribution in [0.25, 0.3) is 76.1 Å². The minimum absolute atomic E-state index is 1.28. The van der Waals surface area contributed by atoms with E-state index in [1.807, 2.05) is 0 Å². The summed E-state index contributed by atoms with van der Waals surface area (Å²) in [5.74, 6) is 0. The first kappa shape index (κ1) is 19.8. The first-order valence-electron chi connectivity index (χ1n) is 12.7. The lowest BCUT2D eigenvalue weighted by atomic mass is 9.79. The predicted molar refractivity (Wildman–Crippen MR) is 157 cm³/mol. The molecule has 0 aliphatic carbocycles. The molecule has 0 saturated carbocycles. The summed E-state index contributed by atoms with van der Waals surface area (Å²) < 4.78 is 0. The van der Waals surface area contributed by atoms with E-state index in [9.17, 15) is 0 Å². The highest BCUT2D eigenvalue weighted by molar-refractivity contribution is 6.42. The topological polar surface area (TPSA) is 0 Å². The van der Waals surface area contributed by atoms with Crippen LogP contribution in [-0.4, -0.2) is 0 Å². The minimum atomic E-state index is 1.28. The highest BCUT2D eigenvalue weighted by Crippen LogP contribution is 2.51. The number of hydrogen-bond acceptors (Lipinski definition) is 0. The standard InChI is InChI=1S/C36H24/c1-21-17-25-13-15-28-32(24-11-7-4-8-12-24)30-20-22(2)18-26-14-16-27-31(23-9-5-3-6-10-23)29(19-21)33(25)35(28)36(27)34(26)30/h3-20H,1-2H3. The van der Waals surface area contributed by atoms with E-state index in [-0.39, 0.29) is 0 Å². The van der Waals surface area contributed by atoms with Gasteiger partial charge < -0.3 is 0 Å². The first-order chi connectivity index (χ1) is 17.7. The van der Waals surface area contributed by atoms with Gasteiger partial charge >= 0.3 is 0 Å². The molecule has 8 aromatic carbocycles. The Morgan fingerprint density at radius 3 is 1.19 bits per heavy atom. The predicted octanol–water partition coefficient (Wildman–Crippen LogP) is 10.3. The molecule has 0 aliphatic rings. The number of benzene rings is 8. The van der Waals surface area contributed by atoms with Gasteiger partial charge in [0.25, 0.3) is 0 Å². The molecule has 0 N–H and O–H groups in total. The molecule has 0 fully saturated rings. The molecule has 0 aliphatic heterocycles. The van der Waals surface area contributed by atoms with E-state index in [1.54, 1.807) is 0 Å². The van der Waals surface area contributed by atoms with Gasteiger partial charge in [-0.1, -0.05) is 109 Å². The van der Waals surface area contributed by atoms with Gasteiger partial charge in [0.15, 0.2) is 0 Å². The van der Waals surface area contributed by atoms with Crippen LogP contribution in [0.1, 0.15) is 11.1 Å². The van der Waals surface area contributed by atoms with Crippen molar-refractivity contribution in [3.63, 3.8) is 0 Å². The SMILES string of the molecule is Cc1cc2ccc3c(-c4ccccc4)c4cc(C)cc5ccc6c(-c7ccccc7)c(c1)c2c3c6c54. The zero-order valence-corrected chi connectivity index (χ0v) is 20.4. The van der Waals surface area contributed by atoms with Gasteiger partial charge in [-0.25, -0.2) is 0 Å². The van der Waals surface area contributed by atoms with E-state index in [4.69, 9.17) is 0 Å². The molecule has 0 atom stereocenters. The molecular formula is C36H24. The second-order valence-corrected chi connectivity index (χ2v) is 10.3. The van der Waals surface area contributed by atoms with Crippen molar-refractivity contribution in [2.45, 2.75) is 13.8 Å². The molecule has 8 aromatic rings. The summed E-state index contributed by atoms with van der Waals surface area (Å²) in [4.78, 5) is 0. The zero-order chi connectivity index (χ0) is 24.0. The molecule has 0 amide bonds. The van der Waals surface area contributed by atoms with Gasteiger partial charge in [0.2, 0.25) is 0 Å². The fourth-order valence-electron chi connectivity index (χ4n) is 6.68. The highest BCUT2D eigenvalue weighted by atomic mass is 14.3. The molecule has 8 rings (SSSR count). The summed E-state index contributed by atoms with van der Waals surface area (Å²) in [5.41, 5.74) is 7.86. The third kappa shape index (κ3) is 2.54. The summed E-state index contributed by atoms with van der Waals surface area (Å²) in [7, 11) is 0. The Morgan fingerprint density at radius 2 is 0.778 bits per heavy atom. The molecular weight excluding hydrogens is 432 g/mol. The van der Waals surface area contributed by atoms with Gasteiger partial charge in [-0.15, -0.1) is 0 Å². The monoisotopic (exact) mass is 456 g/mol. The van der Waals surface area contributed by atoms with Crippen molar-refractivity contribution < 1.29 is 0 Å². The zero-order valence-electron chi connectivity index (χ0n) is 20.4. The van der Waals surface area contributed by atoms with Crippen molar-refractivity contribution in [3.05, 3.63) is 120 Å². The summed E-state index contributed by atoms with van der Waals surface area (Å²) in [6, 6.07) is 40.8. The molecule has 0 nitrogen and oxygen atoms in total. The van der Waals surface area contributed by atoms with Crippen molar-refractivity contribution >= 4 is 53.9 Å². The van der Waals surface area contributed by atoms with Crippen LogP contribution in [0.3, 0.4) is 0 Å². The molecule has 0 radical (unpaired) electrons. The van der Waals surface area contributed by atoms with Crippen molar-refractivity contribution in [3.8, 4) is 22.3 Å². The molecule has 0 bridgehead atoms. The van der Waals surface area contributed by atoms with Gasteiger partial charge in [0, 0.05) is 0 Å². The van der Waals surface area contributed by atoms with Crippen LogP contribution < -0.4 is 0 Å². The van der Waals surface area contributed by atoms with Crippen molar-refractivity contribution in [1.82, 2.24) is 0 Å². The van der Waals surface area contributed by atoms with Crippen molar-refractivity contribution in [2.75, 3.05) is 0 Å². The van der Waals surface area contributed by atoms with Gasteiger partial charge in [-0.2, -0.15) is 0 Å². The van der Waals surface area contributed by atoms with E-state index in [0.29, 0.717) is 0 Å². The molecule has 0 unspecified atom stereocenters. The summed E-state index contributed by atoms with van der Waals surface area (Å²) in [5, 5.41) is 13.6. The lowest BCUT2D eigenvalue weighted by Gasteiger charge is -2.24. The fraction of sp³-hybridized carbons (Fsp3) is 0.0556. The van der Waals surface area contributed by atoms with Crippen LogP contribution in [0.5, 0.6) is 0 Å². The first-order valence-corrected chi connectivity index (χ1v) is 12.7. The molecule has 0 heteroatoms. The van der Waals surface area contributed by atoms with Crippen LogP contribution in [0, 0.1) is 13.8 Å². The lowest BCUT2D eigenvalue weighted by molar-refractivity contribution is 1.52. The normalized spacial score (nSPS) is 12.2. The largest absolute Gasteiger partial charge is 0.0622 e. The second-order valence-electron chi connectivity index (χ2n) is 10.3. The van der Waals surface area contributed by atoms with Gasteiger partial charge in [-0.05, 0) is 101 Å². The summed E-state index contributed by atoms with van der Waals surface area (Å²) >= 11 is 0. The average molecular weight is 457 g/mol. The Kier molecular flexibility index (Phi) is 3.89. The van der Waals surface area contributed by atoms with Crippen LogP contribution in [0.2, 0.25) is 0 Å². The van der Waals surface area contributed by atoms with Gasteiger partial charge in [-0.3, -0.25) is 0 Å². The average Bonchev–Trinajstić information content (AvgIpc) is 2.90. The lowest BCUT2D eigenvalue weighted by Crippen LogP contribution is -1.96. The van der Waals surface area contributed by atoms with E-state index in [0.717, 1.165) is 0 Å². The Morgan fingerprint density at radius 1 is 0.361 bits per heavy atom. The van der Waals surface area contributed by atoms with Gasteiger partial charge in [0.05, 0.1) is 0 Å². The minimum Gasteiger partial charge on any atom is -0.0622 e. The summed E-state index contributed by atoms with van der Waals surface area (Å²) in [6.07, 6.45) is 0. The van der Waals surface area contributed by atoms with Crippen LogP contribution in [0.4, 0.5) is 0 Å². The fourth-order valence-corrected chi connectivity index (χ4v) is 6.68. The molecule has 36 heavy (non-hydrogen) atoms. The third-order valence-electron chi connectivity index (χ3n) is 7.98. The number of hydrogen-bond donors (Lipinski definition) is 0. The van der Waals surface area contributed by atoms with Crippen molar-refractivity contribution in [1.29, 1.82) is 0 Å². The maximum Gasteiger partial charge on any atom is -0.000741 e. The Balaban J connectivity index is 1.76. The van der Waals surface area contributed by atoms with E-state index in [1.165, 1.54) is 87.2 Å². The quantitative estimate of drug-likeness (QED) is 0.179. The molecule has 0 spiro atoms. The molecule has 0 saturated heterocycles. The molecule has 0 heterocycles. The maximum absolute atomic E-state index is 2.39. The number of rotatable bonds is 2. The van der Waals surface area contributed by atoms with E-state index in [2.05, 4.69) is 123 Å². The second kappa shape index (κ2) is 7.06. The molecule has 0 aromatic heterocycles. The third-order valence-corrected chi connectivity index (χ3v) is 7.98. The molecule has 168 valence electrons. The van der Waals surface area contributed by atoms with Gasteiger partial charge in [0.1, 0.15) is 0 Å².